The van der Waals surface area contributed by atoms with E-state index in [9.17, 15) is 4.79 Å². The van der Waals surface area contributed by atoms with E-state index in [0.29, 0.717) is 6.61 Å². The fourth-order valence-corrected chi connectivity index (χ4v) is 1.42. The molecular weight excluding hydrogens is 235 g/mol. The number of unbranched alkanes of at least 4 members (excludes halogenated alkanes) is 6. The summed E-state index contributed by atoms with van der Waals surface area (Å²) in [5, 5.41) is 0. The van der Waals surface area contributed by atoms with Gasteiger partial charge in [-0.3, -0.25) is 0 Å². The lowest BCUT2D eigenvalue weighted by Crippen LogP contribution is -2.12. The number of alkyl halides is 2. The number of esters is 1. The Bertz CT molecular complexity index is 161. The van der Waals surface area contributed by atoms with Gasteiger partial charge < -0.3 is 4.74 Å². The summed E-state index contributed by atoms with van der Waals surface area (Å²) in [7, 11) is 0. The van der Waals surface area contributed by atoms with Crippen LogP contribution in [0.1, 0.15) is 51.9 Å². The molecule has 2 nitrogen and oxygen atoms in total. The molecule has 0 rings (SSSR count). The average molecular weight is 255 g/mol. The van der Waals surface area contributed by atoms with Crippen LogP contribution in [0.2, 0.25) is 0 Å². The van der Waals surface area contributed by atoms with Crippen molar-refractivity contribution in [2.75, 3.05) is 6.61 Å². The second-order valence-corrected chi connectivity index (χ2v) is 4.69. The van der Waals surface area contributed by atoms with Crippen LogP contribution in [0.3, 0.4) is 0 Å². The highest BCUT2D eigenvalue weighted by Gasteiger charge is 2.11. The Morgan fingerprint density at radius 2 is 1.60 bits per heavy atom. The number of halogens is 2. The van der Waals surface area contributed by atoms with Crippen molar-refractivity contribution >= 4 is 29.2 Å². The number of hydrogen-bond donors (Lipinski definition) is 0. The molecule has 4 heteroatoms. The molecule has 0 aliphatic rings. The summed E-state index contributed by atoms with van der Waals surface area (Å²) in [5.74, 6) is -0.538. The van der Waals surface area contributed by atoms with Crippen molar-refractivity contribution in [1.82, 2.24) is 0 Å². The number of ether oxygens (including phenoxy) is 1. The van der Waals surface area contributed by atoms with Gasteiger partial charge in [-0.2, -0.15) is 0 Å². The SMILES string of the molecule is CCCCCCCCCOC(=O)C(Cl)Cl. The Hall–Kier alpha value is 0.0500. The van der Waals surface area contributed by atoms with Crippen LogP contribution in [-0.2, 0) is 9.53 Å². The molecule has 0 aromatic carbocycles. The third-order valence-corrected chi connectivity index (χ3v) is 2.53. The van der Waals surface area contributed by atoms with Crippen LogP contribution in [0.15, 0.2) is 0 Å². The van der Waals surface area contributed by atoms with E-state index < -0.39 is 10.8 Å². The molecule has 0 aromatic rings. The molecule has 0 spiro atoms. The summed E-state index contributed by atoms with van der Waals surface area (Å²) >= 11 is 10.6. The normalized spacial score (nSPS) is 10.7. The molecule has 90 valence electrons. The maximum Gasteiger partial charge on any atom is 0.339 e. The van der Waals surface area contributed by atoms with Crippen molar-refractivity contribution in [2.45, 2.75) is 56.7 Å². The number of carbonyl (C=O) groups excluding carboxylic acids is 1. The molecule has 0 atom stereocenters. The average Bonchev–Trinajstić information content (AvgIpc) is 2.21. The summed E-state index contributed by atoms with van der Waals surface area (Å²) in [4.78, 5) is 9.78. The first-order chi connectivity index (χ1) is 7.18. The van der Waals surface area contributed by atoms with Crippen molar-refractivity contribution in [1.29, 1.82) is 0 Å². The van der Waals surface area contributed by atoms with Gasteiger partial charge >= 0.3 is 5.97 Å². The Morgan fingerprint density at radius 3 is 2.13 bits per heavy atom. The van der Waals surface area contributed by atoms with Crippen LogP contribution < -0.4 is 0 Å². The van der Waals surface area contributed by atoms with E-state index in [1.807, 2.05) is 0 Å². The molecule has 15 heavy (non-hydrogen) atoms. The molecule has 0 aromatic heterocycles. The van der Waals surface area contributed by atoms with Gasteiger partial charge in [-0.25, -0.2) is 4.79 Å². The molecular formula is C11H20Cl2O2. The quantitative estimate of drug-likeness (QED) is 0.352. The molecule has 0 saturated carbocycles. The first-order valence-electron chi connectivity index (χ1n) is 5.63. The van der Waals surface area contributed by atoms with Gasteiger partial charge in [0, 0.05) is 0 Å². The smallest absolute Gasteiger partial charge is 0.339 e. The molecule has 0 unspecified atom stereocenters. The second kappa shape index (κ2) is 10.6. The maximum atomic E-state index is 10.8. The minimum atomic E-state index is -1.05. The summed E-state index contributed by atoms with van der Waals surface area (Å²) in [6.07, 6.45) is 8.38. The highest BCUT2D eigenvalue weighted by molar-refractivity contribution is 6.52. The zero-order valence-corrected chi connectivity index (χ0v) is 10.8. The third-order valence-electron chi connectivity index (χ3n) is 2.17. The van der Waals surface area contributed by atoms with Gasteiger partial charge in [0.1, 0.15) is 0 Å². The zero-order chi connectivity index (χ0) is 11.5. The van der Waals surface area contributed by atoms with E-state index in [-0.39, 0.29) is 0 Å². The Labute approximate surface area is 102 Å². The largest absolute Gasteiger partial charge is 0.464 e. The molecule has 0 amide bonds. The first kappa shape index (κ1) is 15.0. The van der Waals surface area contributed by atoms with Crippen LogP contribution in [0.4, 0.5) is 0 Å². The minimum absolute atomic E-state index is 0.433. The van der Waals surface area contributed by atoms with Crippen LogP contribution in [0.5, 0.6) is 0 Å². The maximum absolute atomic E-state index is 10.8. The molecule has 0 aliphatic heterocycles. The monoisotopic (exact) mass is 254 g/mol. The highest BCUT2D eigenvalue weighted by atomic mass is 35.5. The van der Waals surface area contributed by atoms with Crippen LogP contribution in [0, 0.1) is 0 Å². The Balaban J connectivity index is 3.08. The third kappa shape index (κ3) is 10.3. The van der Waals surface area contributed by atoms with Gasteiger partial charge in [-0.1, -0.05) is 68.7 Å². The summed E-state index contributed by atoms with van der Waals surface area (Å²) < 4.78 is 4.83. The van der Waals surface area contributed by atoms with E-state index >= 15 is 0 Å². The number of rotatable bonds is 9. The van der Waals surface area contributed by atoms with E-state index in [0.717, 1.165) is 12.8 Å². The van der Waals surface area contributed by atoms with Crippen molar-refractivity contribution in [3.8, 4) is 0 Å². The van der Waals surface area contributed by atoms with Crippen LogP contribution in [0.25, 0.3) is 0 Å². The fourth-order valence-electron chi connectivity index (χ4n) is 1.29. The summed E-state index contributed by atoms with van der Waals surface area (Å²) in [5.41, 5.74) is 0. The predicted molar refractivity (Wildman–Crippen MR) is 64.4 cm³/mol. The molecule has 0 bridgehead atoms. The fraction of sp³-hybridized carbons (Fsp3) is 0.909. The van der Waals surface area contributed by atoms with Crippen molar-refractivity contribution < 1.29 is 9.53 Å². The summed E-state index contributed by atoms with van der Waals surface area (Å²) in [6.45, 7) is 2.64. The predicted octanol–water partition coefficient (Wildman–Crippen LogP) is 4.08. The van der Waals surface area contributed by atoms with Crippen LogP contribution in [-0.4, -0.2) is 17.4 Å². The van der Waals surface area contributed by atoms with Crippen molar-refractivity contribution in [2.24, 2.45) is 0 Å². The molecule has 0 saturated heterocycles. The number of carbonyl (C=O) groups is 1. The lowest BCUT2D eigenvalue weighted by Gasteiger charge is -2.04. The first-order valence-corrected chi connectivity index (χ1v) is 6.50. The van der Waals surface area contributed by atoms with Gasteiger partial charge in [0.2, 0.25) is 4.84 Å². The lowest BCUT2D eigenvalue weighted by atomic mass is 10.1. The molecule has 0 heterocycles. The Morgan fingerprint density at radius 1 is 1.07 bits per heavy atom. The van der Waals surface area contributed by atoms with Crippen LogP contribution >= 0.6 is 23.2 Å². The molecule has 0 fully saturated rings. The highest BCUT2D eigenvalue weighted by Crippen LogP contribution is 2.08. The molecule has 0 N–H and O–H groups in total. The Kier molecular flexibility index (Phi) is 10.6. The van der Waals surface area contributed by atoms with Crippen molar-refractivity contribution in [3.05, 3.63) is 0 Å². The van der Waals surface area contributed by atoms with Gasteiger partial charge in [0.25, 0.3) is 0 Å². The van der Waals surface area contributed by atoms with E-state index in [4.69, 9.17) is 27.9 Å². The van der Waals surface area contributed by atoms with Gasteiger partial charge in [-0.15, -0.1) is 0 Å². The van der Waals surface area contributed by atoms with Crippen molar-refractivity contribution in [3.63, 3.8) is 0 Å². The zero-order valence-electron chi connectivity index (χ0n) is 9.31. The molecule has 0 radical (unpaired) electrons. The topological polar surface area (TPSA) is 26.3 Å². The minimum Gasteiger partial charge on any atom is -0.464 e. The van der Waals surface area contributed by atoms with Gasteiger partial charge in [-0.05, 0) is 6.42 Å². The summed E-state index contributed by atoms with van der Waals surface area (Å²) in [6, 6.07) is 0. The van der Waals surface area contributed by atoms with Gasteiger partial charge in [0.05, 0.1) is 6.61 Å². The second-order valence-electron chi connectivity index (χ2n) is 3.59. The number of hydrogen-bond acceptors (Lipinski definition) is 2. The standard InChI is InChI=1S/C11H20Cl2O2/c1-2-3-4-5-6-7-8-9-15-11(14)10(12)13/h10H,2-9H2,1H3. The van der Waals surface area contributed by atoms with Gasteiger partial charge in [0.15, 0.2) is 0 Å². The lowest BCUT2D eigenvalue weighted by molar-refractivity contribution is -0.141. The van der Waals surface area contributed by atoms with E-state index in [2.05, 4.69) is 6.92 Å². The molecule has 0 aliphatic carbocycles. The van der Waals surface area contributed by atoms with E-state index in [1.165, 1.54) is 32.1 Å². The van der Waals surface area contributed by atoms with E-state index in [1.54, 1.807) is 0 Å².